The molecule has 66 valence electrons. The van der Waals surface area contributed by atoms with Crippen LogP contribution < -0.4 is 4.74 Å². The topological polar surface area (TPSA) is 42.1 Å². The third-order valence-corrected chi connectivity index (χ3v) is 2.03. The lowest BCUT2D eigenvalue weighted by molar-refractivity contribution is 0.112. The summed E-state index contributed by atoms with van der Waals surface area (Å²) in [6.45, 7) is 0. The monoisotopic (exact) mass is 175 g/mol. The van der Waals surface area contributed by atoms with Gasteiger partial charge in [-0.2, -0.15) is 0 Å². The summed E-state index contributed by atoms with van der Waals surface area (Å²) in [6.07, 6.45) is 2.62. The van der Waals surface area contributed by atoms with Crippen LogP contribution in [-0.2, 0) is 0 Å². The summed E-state index contributed by atoms with van der Waals surface area (Å²) in [7, 11) is 1.59. The maximum Gasteiger partial charge on any atom is 0.152 e. The summed E-state index contributed by atoms with van der Waals surface area (Å²) < 4.78 is 5.06. The fourth-order valence-corrected chi connectivity index (χ4v) is 1.38. The number of carbonyl (C=O) groups excluding carboxylic acids is 1. The predicted octanol–water partition coefficient (Wildman–Crippen LogP) is 1.99. The number of carbonyl (C=O) groups is 1. The standard InChI is InChI=1S/C10H9NO2/c1-13-9-4-7-2-3-11-10(7)8(5-9)6-12/h2-6,11H,1H3. The molecule has 0 fully saturated rings. The zero-order valence-corrected chi connectivity index (χ0v) is 7.20. The van der Waals surface area contributed by atoms with Crippen LogP contribution in [0.25, 0.3) is 10.9 Å². The van der Waals surface area contributed by atoms with Crippen LogP contribution in [0.5, 0.6) is 5.75 Å². The second kappa shape index (κ2) is 2.94. The van der Waals surface area contributed by atoms with Crippen molar-refractivity contribution in [3.63, 3.8) is 0 Å². The molecule has 0 saturated carbocycles. The van der Waals surface area contributed by atoms with E-state index in [2.05, 4.69) is 4.98 Å². The molecule has 0 bridgehead atoms. The van der Waals surface area contributed by atoms with Crippen molar-refractivity contribution < 1.29 is 9.53 Å². The molecule has 1 aromatic carbocycles. The van der Waals surface area contributed by atoms with Crippen LogP contribution in [0, 0.1) is 0 Å². The van der Waals surface area contributed by atoms with Gasteiger partial charge in [0.2, 0.25) is 0 Å². The molecular weight excluding hydrogens is 166 g/mol. The van der Waals surface area contributed by atoms with E-state index in [0.29, 0.717) is 11.3 Å². The average Bonchev–Trinajstić information content (AvgIpc) is 2.63. The lowest BCUT2D eigenvalue weighted by Gasteiger charge is -2.01. The van der Waals surface area contributed by atoms with Crippen molar-refractivity contribution >= 4 is 17.2 Å². The Morgan fingerprint density at radius 1 is 1.46 bits per heavy atom. The van der Waals surface area contributed by atoms with Gasteiger partial charge < -0.3 is 9.72 Å². The molecule has 0 aliphatic heterocycles. The van der Waals surface area contributed by atoms with Gasteiger partial charge in [-0.05, 0) is 18.2 Å². The van der Waals surface area contributed by atoms with Crippen LogP contribution in [0.4, 0.5) is 0 Å². The SMILES string of the molecule is COc1cc(C=O)c2[nH]ccc2c1. The normalized spacial score (nSPS) is 10.2. The molecule has 3 heteroatoms. The minimum atomic E-state index is 0.624. The maximum absolute atomic E-state index is 10.7. The molecule has 0 aliphatic rings. The molecular formula is C10H9NO2. The minimum absolute atomic E-state index is 0.624. The molecule has 0 unspecified atom stereocenters. The number of fused-ring (bicyclic) bond motifs is 1. The van der Waals surface area contributed by atoms with Crippen molar-refractivity contribution in [2.45, 2.75) is 0 Å². The van der Waals surface area contributed by atoms with Crippen molar-refractivity contribution in [1.29, 1.82) is 0 Å². The van der Waals surface area contributed by atoms with Gasteiger partial charge in [0.1, 0.15) is 5.75 Å². The van der Waals surface area contributed by atoms with Crippen LogP contribution >= 0.6 is 0 Å². The fraction of sp³-hybridized carbons (Fsp3) is 0.100. The number of benzene rings is 1. The first kappa shape index (κ1) is 7.86. The van der Waals surface area contributed by atoms with E-state index >= 15 is 0 Å². The van der Waals surface area contributed by atoms with Gasteiger partial charge in [-0.15, -0.1) is 0 Å². The highest BCUT2D eigenvalue weighted by Gasteiger charge is 2.03. The molecule has 1 N–H and O–H groups in total. The van der Waals surface area contributed by atoms with E-state index in [-0.39, 0.29) is 0 Å². The van der Waals surface area contributed by atoms with E-state index in [1.165, 1.54) is 0 Å². The molecule has 2 aromatic rings. The van der Waals surface area contributed by atoms with Gasteiger partial charge >= 0.3 is 0 Å². The Morgan fingerprint density at radius 3 is 3.00 bits per heavy atom. The third-order valence-electron chi connectivity index (χ3n) is 2.03. The molecule has 0 radical (unpaired) electrons. The Morgan fingerprint density at radius 2 is 2.31 bits per heavy atom. The Balaban J connectivity index is 2.77. The molecule has 0 saturated heterocycles. The van der Waals surface area contributed by atoms with E-state index in [4.69, 9.17) is 4.74 Å². The fourth-order valence-electron chi connectivity index (χ4n) is 1.38. The minimum Gasteiger partial charge on any atom is -0.497 e. The first-order valence-corrected chi connectivity index (χ1v) is 3.95. The molecule has 2 rings (SSSR count). The predicted molar refractivity (Wildman–Crippen MR) is 50.2 cm³/mol. The number of rotatable bonds is 2. The van der Waals surface area contributed by atoms with Crippen LogP contribution in [-0.4, -0.2) is 18.4 Å². The van der Waals surface area contributed by atoms with Crippen LogP contribution in [0.3, 0.4) is 0 Å². The number of aromatic amines is 1. The van der Waals surface area contributed by atoms with Crippen molar-refractivity contribution in [3.05, 3.63) is 30.0 Å². The van der Waals surface area contributed by atoms with Crippen LogP contribution in [0.2, 0.25) is 0 Å². The number of methoxy groups -OCH3 is 1. The molecule has 0 atom stereocenters. The van der Waals surface area contributed by atoms with E-state index in [1.54, 1.807) is 19.4 Å². The average molecular weight is 175 g/mol. The molecule has 0 aliphatic carbocycles. The van der Waals surface area contributed by atoms with Crippen LogP contribution in [0.1, 0.15) is 10.4 Å². The molecule has 0 amide bonds. The smallest absolute Gasteiger partial charge is 0.152 e. The Hall–Kier alpha value is -1.77. The second-order valence-electron chi connectivity index (χ2n) is 2.78. The summed E-state index contributed by atoms with van der Waals surface area (Å²) in [5.41, 5.74) is 1.48. The van der Waals surface area contributed by atoms with E-state index in [1.807, 2.05) is 12.1 Å². The summed E-state index contributed by atoms with van der Waals surface area (Å²) in [5.74, 6) is 0.703. The Labute approximate surface area is 75.3 Å². The van der Waals surface area contributed by atoms with E-state index in [0.717, 1.165) is 17.2 Å². The van der Waals surface area contributed by atoms with Crippen molar-refractivity contribution in [2.75, 3.05) is 7.11 Å². The van der Waals surface area contributed by atoms with Crippen LogP contribution in [0.15, 0.2) is 24.4 Å². The second-order valence-corrected chi connectivity index (χ2v) is 2.78. The molecule has 1 heterocycles. The highest BCUT2D eigenvalue weighted by molar-refractivity contribution is 5.96. The number of hydrogen-bond acceptors (Lipinski definition) is 2. The highest BCUT2D eigenvalue weighted by Crippen LogP contribution is 2.22. The first-order valence-electron chi connectivity index (χ1n) is 3.95. The van der Waals surface area contributed by atoms with Crippen molar-refractivity contribution in [3.8, 4) is 5.75 Å². The third kappa shape index (κ3) is 1.18. The molecule has 13 heavy (non-hydrogen) atoms. The molecule has 3 nitrogen and oxygen atoms in total. The first-order chi connectivity index (χ1) is 6.35. The van der Waals surface area contributed by atoms with Gasteiger partial charge in [0.25, 0.3) is 0 Å². The zero-order valence-electron chi connectivity index (χ0n) is 7.20. The summed E-state index contributed by atoms with van der Waals surface area (Å²) in [6, 6.07) is 5.51. The quantitative estimate of drug-likeness (QED) is 0.709. The Kier molecular flexibility index (Phi) is 1.77. The van der Waals surface area contributed by atoms with Gasteiger partial charge in [-0.25, -0.2) is 0 Å². The summed E-state index contributed by atoms with van der Waals surface area (Å²) in [4.78, 5) is 13.7. The number of aromatic nitrogens is 1. The van der Waals surface area contributed by atoms with Gasteiger partial charge in [0.05, 0.1) is 12.6 Å². The number of H-pyrrole nitrogens is 1. The van der Waals surface area contributed by atoms with Crippen molar-refractivity contribution in [1.82, 2.24) is 4.98 Å². The van der Waals surface area contributed by atoms with Gasteiger partial charge in [0, 0.05) is 17.1 Å². The van der Waals surface area contributed by atoms with Gasteiger partial charge in [-0.1, -0.05) is 0 Å². The molecule has 0 spiro atoms. The van der Waals surface area contributed by atoms with Gasteiger partial charge in [-0.3, -0.25) is 4.79 Å². The van der Waals surface area contributed by atoms with Crippen molar-refractivity contribution in [2.24, 2.45) is 0 Å². The summed E-state index contributed by atoms with van der Waals surface area (Å²) in [5, 5.41) is 0.987. The lowest BCUT2D eigenvalue weighted by atomic mass is 10.1. The largest absolute Gasteiger partial charge is 0.497 e. The molecule has 1 aromatic heterocycles. The number of nitrogens with one attached hydrogen (secondary N) is 1. The van der Waals surface area contributed by atoms with E-state index < -0.39 is 0 Å². The maximum atomic E-state index is 10.7. The Bertz CT molecular complexity index is 445. The van der Waals surface area contributed by atoms with Gasteiger partial charge in [0.15, 0.2) is 6.29 Å². The highest BCUT2D eigenvalue weighted by atomic mass is 16.5. The summed E-state index contributed by atoms with van der Waals surface area (Å²) >= 11 is 0. The number of aldehydes is 1. The number of ether oxygens (including phenoxy) is 1. The van der Waals surface area contributed by atoms with E-state index in [9.17, 15) is 4.79 Å². The lowest BCUT2D eigenvalue weighted by Crippen LogP contribution is -1.87. The zero-order chi connectivity index (χ0) is 9.26. The number of hydrogen-bond donors (Lipinski definition) is 1.